The SMILES string of the molecule is CC(C)C(C(F)(F)F)C(F)(F)F.CC(C)C(C)C.CC(C)C(C)C(F)(F)F.CC(C)C(C)CC(F)(F)F.CC(C)C(C)CCC(F)(F)F.CC(C)C(CC(F)(F)F)C(F)(F)F.CC(C)C(CCC(F)(F)F)C(F)(F)F.CCC(C(C)C)C(F)(F)F.CCC(C)C(C)C.CCCC(C(C)C)C(F)(F)F.CCCC(C)C(C)C.CCCC(CC)C(C)C. The van der Waals surface area contributed by atoms with Gasteiger partial charge in [-0.05, 0) is 132 Å². The van der Waals surface area contributed by atoms with Crippen LogP contribution < -0.4 is 0 Å². The molecule has 744 valence electrons. The van der Waals surface area contributed by atoms with Crippen molar-refractivity contribution in [3.05, 3.63) is 0 Å². The van der Waals surface area contributed by atoms with Gasteiger partial charge in [-0.25, -0.2) is 0 Å². The molecule has 0 heterocycles. The monoisotopic (exact) mass is 1840 g/mol. The van der Waals surface area contributed by atoms with E-state index in [2.05, 4.69) is 111 Å². The summed E-state index contributed by atoms with van der Waals surface area (Å²) in [6, 6.07) is 0. The minimum Gasteiger partial charge on any atom is -0.171 e. The first kappa shape index (κ1) is 143. The fourth-order valence-corrected chi connectivity index (χ4v) is 9.72. The molecule has 0 aromatic heterocycles. The van der Waals surface area contributed by atoms with E-state index >= 15 is 0 Å². The van der Waals surface area contributed by atoms with Crippen molar-refractivity contribution in [2.24, 2.45) is 142 Å². The Morgan fingerprint density at radius 1 is 0.175 bits per heavy atom. The van der Waals surface area contributed by atoms with Gasteiger partial charge in [-0.1, -0.05) is 301 Å². The van der Waals surface area contributed by atoms with Crippen LogP contribution in [0.5, 0.6) is 0 Å². The Morgan fingerprint density at radius 2 is 0.442 bits per heavy atom. The van der Waals surface area contributed by atoms with Crippen molar-refractivity contribution < 1.29 is 145 Å². The molecule has 0 nitrogen and oxygen atoms in total. The van der Waals surface area contributed by atoms with Crippen LogP contribution in [0.4, 0.5) is 145 Å². The van der Waals surface area contributed by atoms with Gasteiger partial charge in [-0.2, -0.15) is 145 Å². The molecule has 0 saturated heterocycles. The van der Waals surface area contributed by atoms with Crippen molar-refractivity contribution in [2.75, 3.05) is 0 Å². The normalized spacial score (nSPS) is 15.3. The molecule has 0 saturated carbocycles. The maximum atomic E-state index is 12.2. The van der Waals surface area contributed by atoms with Gasteiger partial charge in [0.05, 0.1) is 36.0 Å². The van der Waals surface area contributed by atoms with Gasteiger partial charge in [0.15, 0.2) is 5.92 Å². The fraction of sp³-hybridized carbons (Fsp3) is 1.00. The van der Waals surface area contributed by atoms with E-state index in [-0.39, 0.29) is 54.8 Å². The standard InChI is InChI=1S/C9H20.C8H12F6.2C8H15F3.C8H18.C7H10F6.2C7H13F3.C7H16.C6H8F6.C6H11F3.C6H14/c1-5-7-9(6-2)8(3)4;1-5(2)6(8(12,13)14)3-4-7(9,10)11;1-6(2)7(3)4-5-8(9,10)11;1-4-5-7(6(2)3)8(9,10)11;1-5-6-8(4)7(2)3;1-4(2)5(7(11,12)13)3-6(8,9)10;1-5(2)6(3)4-7(8,9)10;1-4-6(5(2)3)7(8,9)10;1-5-7(4)6(2)3;1-3(2)4(5(7,8)9)6(10,11)12;1-4(2)5(3)6(7,8)9;1-5(2)6(3)4/h8-9H,5-7H2,1-4H3;5-6H,3-4H2,1-2H3;2*6-7H,4-5H2,1-3H3;7-8H,5-6H2,1-4H3;4-5H,3H2,1-2H3;2*5-6H,4H2,1-3H3;6-7H,5H2,1-4H3;3-4H,1-2H3;4-5H,1-3H3;5-6H,1-4H3. The lowest BCUT2D eigenvalue weighted by atomic mass is 9.89. The Labute approximate surface area is 705 Å². The number of alkyl halides is 33. The summed E-state index contributed by atoms with van der Waals surface area (Å²) in [6.45, 7) is 68.1. The van der Waals surface area contributed by atoms with Crippen LogP contribution in [0.15, 0.2) is 0 Å². The highest BCUT2D eigenvalue weighted by Gasteiger charge is 2.58. The van der Waals surface area contributed by atoms with E-state index < -0.39 is 153 Å². The van der Waals surface area contributed by atoms with Crippen LogP contribution in [0.1, 0.15) is 352 Å². The van der Waals surface area contributed by atoms with Gasteiger partial charge in [0.2, 0.25) is 0 Å². The minimum absolute atomic E-state index is 0.113. The summed E-state index contributed by atoms with van der Waals surface area (Å²) in [5, 5.41) is 0. The van der Waals surface area contributed by atoms with Crippen LogP contribution in [0, 0.1) is 142 Å². The molecule has 0 aliphatic rings. The van der Waals surface area contributed by atoms with E-state index in [9.17, 15) is 145 Å². The summed E-state index contributed by atoms with van der Waals surface area (Å²) in [5.41, 5.74) is 0. The van der Waals surface area contributed by atoms with Gasteiger partial charge in [0.1, 0.15) is 0 Å². The quantitative estimate of drug-likeness (QED) is 0.0719. The van der Waals surface area contributed by atoms with Gasteiger partial charge in [0, 0.05) is 19.3 Å². The van der Waals surface area contributed by atoms with Gasteiger partial charge in [-0.3, -0.25) is 0 Å². The minimum atomic E-state index is -5.20. The highest BCUT2D eigenvalue weighted by atomic mass is 19.5. The third kappa shape index (κ3) is 97.9. The summed E-state index contributed by atoms with van der Waals surface area (Å²) in [7, 11) is 0. The Morgan fingerprint density at radius 3 is 0.533 bits per heavy atom. The number of hydrogen-bond donors (Lipinski definition) is 0. The molecule has 10 atom stereocenters. The number of hydrogen-bond acceptors (Lipinski definition) is 0. The van der Waals surface area contributed by atoms with Crippen LogP contribution in [-0.4, -0.2) is 67.9 Å². The highest BCUT2D eigenvalue weighted by molar-refractivity contribution is 4.79. The first-order chi connectivity index (χ1) is 52.7. The Kier molecular flexibility index (Phi) is 82.2. The van der Waals surface area contributed by atoms with Gasteiger partial charge in [0.25, 0.3) is 0 Å². The Balaban J connectivity index is -0.000000107. The lowest BCUT2D eigenvalue weighted by molar-refractivity contribution is -0.295. The fourth-order valence-electron chi connectivity index (χ4n) is 9.72. The summed E-state index contributed by atoms with van der Waals surface area (Å²) >= 11 is 0. The molecule has 0 amide bonds. The summed E-state index contributed by atoms with van der Waals surface area (Å²) in [5.74, 6) is -7.62. The molecule has 0 rings (SSSR count). The third-order valence-corrected chi connectivity index (χ3v) is 20.9. The molecule has 10 unspecified atom stereocenters. The van der Waals surface area contributed by atoms with Crippen LogP contribution >= 0.6 is 0 Å². The van der Waals surface area contributed by atoms with E-state index in [0.29, 0.717) is 12.3 Å². The van der Waals surface area contributed by atoms with Gasteiger partial charge in [-0.15, -0.1) is 0 Å². The first-order valence-electron chi connectivity index (χ1n) is 42.4. The average molecular weight is 1840 g/mol. The van der Waals surface area contributed by atoms with Crippen molar-refractivity contribution >= 4 is 0 Å². The van der Waals surface area contributed by atoms with E-state index in [1.54, 1.807) is 76.2 Å². The molecule has 0 aliphatic heterocycles. The molecular formula is C87H165F33. The van der Waals surface area contributed by atoms with Crippen molar-refractivity contribution in [3.8, 4) is 0 Å². The second-order valence-corrected chi connectivity index (χ2v) is 35.9. The zero-order valence-electron chi connectivity index (χ0n) is 79.4. The molecule has 0 aliphatic carbocycles. The molecule has 0 bridgehead atoms. The smallest absolute Gasteiger partial charge is 0.171 e. The molecule has 0 spiro atoms. The van der Waals surface area contributed by atoms with E-state index in [0.717, 1.165) is 75.0 Å². The predicted octanol–water partition coefficient (Wildman–Crippen LogP) is 39.4. The number of halogens is 33. The largest absolute Gasteiger partial charge is 0.400 e. The van der Waals surface area contributed by atoms with E-state index in [4.69, 9.17) is 0 Å². The third-order valence-electron chi connectivity index (χ3n) is 20.9. The zero-order valence-corrected chi connectivity index (χ0v) is 79.4. The molecule has 33 heteroatoms. The lowest BCUT2D eigenvalue weighted by Gasteiger charge is -2.25. The van der Waals surface area contributed by atoms with Crippen LogP contribution in [-0.2, 0) is 0 Å². The molecule has 0 N–H and O–H groups in total. The molecule has 0 fully saturated rings. The first-order valence-corrected chi connectivity index (χ1v) is 42.4. The van der Waals surface area contributed by atoms with Crippen molar-refractivity contribution in [2.45, 2.75) is 420 Å². The predicted molar refractivity (Wildman–Crippen MR) is 430 cm³/mol. The van der Waals surface area contributed by atoms with Crippen molar-refractivity contribution in [1.29, 1.82) is 0 Å². The van der Waals surface area contributed by atoms with Gasteiger partial charge < -0.3 is 0 Å². The van der Waals surface area contributed by atoms with Crippen LogP contribution in [0.3, 0.4) is 0 Å². The Bertz CT molecular complexity index is 2170. The molecule has 0 aromatic carbocycles. The summed E-state index contributed by atoms with van der Waals surface area (Å²) in [6.07, 6.45) is -45.0. The average Bonchev–Trinajstić information content (AvgIpc) is 0.821. The molecule has 120 heavy (non-hydrogen) atoms. The lowest BCUT2D eigenvalue weighted by Crippen LogP contribution is -2.40. The van der Waals surface area contributed by atoms with Crippen molar-refractivity contribution in [1.82, 2.24) is 0 Å². The maximum absolute atomic E-state index is 12.2. The van der Waals surface area contributed by atoms with Gasteiger partial charge >= 0.3 is 67.9 Å². The highest BCUT2D eigenvalue weighted by Crippen LogP contribution is 2.45. The molecular weight excluding hydrogens is 1670 g/mol. The second-order valence-electron chi connectivity index (χ2n) is 35.9. The van der Waals surface area contributed by atoms with Crippen molar-refractivity contribution in [3.63, 3.8) is 0 Å². The molecule has 0 aromatic rings. The van der Waals surface area contributed by atoms with E-state index in [1.165, 1.54) is 59.3 Å². The number of rotatable bonds is 27. The molecule has 0 radical (unpaired) electrons. The zero-order chi connectivity index (χ0) is 100.0. The topological polar surface area (TPSA) is 0 Å². The summed E-state index contributed by atoms with van der Waals surface area (Å²) in [4.78, 5) is 0. The van der Waals surface area contributed by atoms with Crippen LogP contribution in [0.25, 0.3) is 0 Å². The van der Waals surface area contributed by atoms with E-state index in [1.807, 2.05) is 20.8 Å². The second kappa shape index (κ2) is 68.8. The summed E-state index contributed by atoms with van der Waals surface area (Å²) < 4.78 is 391. The Hall–Kier alpha value is -2.31. The van der Waals surface area contributed by atoms with Crippen LogP contribution in [0.2, 0.25) is 0 Å². The maximum Gasteiger partial charge on any atom is 0.400 e.